The lowest BCUT2D eigenvalue weighted by Gasteiger charge is -2.28. The first-order valence-corrected chi connectivity index (χ1v) is 7.20. The third kappa shape index (κ3) is 5.21. The third-order valence-electron chi connectivity index (χ3n) is 2.60. The maximum absolute atomic E-state index is 11.9. The van der Waals surface area contributed by atoms with Crippen molar-refractivity contribution in [3.8, 4) is 0 Å². The van der Waals surface area contributed by atoms with Crippen molar-refractivity contribution in [2.45, 2.75) is 58.2 Å². The second kappa shape index (κ2) is 5.92. The third-order valence-corrected chi connectivity index (χ3v) is 3.65. The van der Waals surface area contributed by atoms with Crippen LogP contribution in [0.5, 0.6) is 0 Å². The molecule has 1 saturated heterocycles. The van der Waals surface area contributed by atoms with Crippen molar-refractivity contribution in [3.05, 3.63) is 0 Å². The summed E-state index contributed by atoms with van der Waals surface area (Å²) in [7, 11) is 0. The monoisotopic (exact) mass is 244 g/mol. The Balaban J connectivity index is 2.33. The van der Waals surface area contributed by atoms with Gasteiger partial charge in [0.15, 0.2) is 0 Å². The van der Waals surface area contributed by atoms with E-state index in [-0.39, 0.29) is 17.5 Å². The highest BCUT2D eigenvalue weighted by Gasteiger charge is 2.22. The van der Waals surface area contributed by atoms with Gasteiger partial charge in [-0.25, -0.2) is 0 Å². The number of hydrogen-bond donors (Lipinski definition) is 2. The van der Waals surface area contributed by atoms with E-state index in [4.69, 9.17) is 0 Å². The van der Waals surface area contributed by atoms with Crippen LogP contribution in [-0.2, 0) is 4.79 Å². The molecule has 1 heterocycles. The summed E-state index contributed by atoms with van der Waals surface area (Å²) < 4.78 is 0. The number of carbonyl (C=O) groups is 1. The second-order valence-corrected chi connectivity index (χ2v) is 6.74. The van der Waals surface area contributed by atoms with Crippen LogP contribution in [0.25, 0.3) is 0 Å². The van der Waals surface area contributed by atoms with Crippen LogP contribution in [0.3, 0.4) is 0 Å². The first-order chi connectivity index (χ1) is 7.38. The number of rotatable bonds is 3. The molecule has 1 atom stereocenters. The van der Waals surface area contributed by atoms with E-state index >= 15 is 0 Å². The summed E-state index contributed by atoms with van der Waals surface area (Å²) in [6.07, 6.45) is 2.36. The molecular weight excluding hydrogens is 220 g/mol. The van der Waals surface area contributed by atoms with Crippen molar-refractivity contribution in [2.24, 2.45) is 0 Å². The Bertz CT molecular complexity index is 232. The largest absolute Gasteiger partial charge is 0.350 e. The standard InChI is InChI=1S/C12H24N2OS/c1-9(11(15)14-12(2,3)4)13-10-5-7-16-8-6-10/h9-10,13H,5-8H2,1-4H3,(H,14,15). The van der Waals surface area contributed by atoms with Crippen LogP contribution < -0.4 is 10.6 Å². The Morgan fingerprint density at radius 3 is 2.38 bits per heavy atom. The van der Waals surface area contributed by atoms with E-state index in [0.717, 1.165) is 0 Å². The predicted octanol–water partition coefficient (Wildman–Crippen LogP) is 1.77. The zero-order valence-electron chi connectivity index (χ0n) is 10.8. The fraction of sp³-hybridized carbons (Fsp3) is 0.917. The van der Waals surface area contributed by atoms with Crippen molar-refractivity contribution < 1.29 is 4.79 Å². The average Bonchev–Trinajstić information content (AvgIpc) is 2.16. The fourth-order valence-electron chi connectivity index (χ4n) is 1.77. The van der Waals surface area contributed by atoms with Gasteiger partial charge in [-0.2, -0.15) is 11.8 Å². The molecule has 1 rings (SSSR count). The van der Waals surface area contributed by atoms with E-state index in [9.17, 15) is 4.79 Å². The molecule has 1 fully saturated rings. The quantitative estimate of drug-likeness (QED) is 0.795. The molecule has 1 amide bonds. The summed E-state index contributed by atoms with van der Waals surface area (Å²) in [4.78, 5) is 11.9. The highest BCUT2D eigenvalue weighted by molar-refractivity contribution is 7.99. The van der Waals surface area contributed by atoms with Crippen LogP contribution in [0.4, 0.5) is 0 Å². The van der Waals surface area contributed by atoms with Crippen molar-refractivity contribution >= 4 is 17.7 Å². The van der Waals surface area contributed by atoms with Gasteiger partial charge in [-0.05, 0) is 52.0 Å². The van der Waals surface area contributed by atoms with Gasteiger partial charge >= 0.3 is 0 Å². The maximum atomic E-state index is 11.9. The lowest BCUT2D eigenvalue weighted by Crippen LogP contribution is -2.52. The number of nitrogens with one attached hydrogen (secondary N) is 2. The molecule has 16 heavy (non-hydrogen) atoms. The lowest BCUT2D eigenvalue weighted by molar-refractivity contribution is -0.124. The summed E-state index contributed by atoms with van der Waals surface area (Å²) in [5, 5.41) is 6.42. The number of amides is 1. The summed E-state index contributed by atoms with van der Waals surface area (Å²) in [6.45, 7) is 7.97. The van der Waals surface area contributed by atoms with Gasteiger partial charge in [0, 0.05) is 11.6 Å². The minimum Gasteiger partial charge on any atom is -0.350 e. The van der Waals surface area contributed by atoms with Gasteiger partial charge < -0.3 is 10.6 Å². The molecule has 2 N–H and O–H groups in total. The van der Waals surface area contributed by atoms with Crippen LogP contribution in [0.1, 0.15) is 40.5 Å². The highest BCUT2D eigenvalue weighted by Crippen LogP contribution is 2.17. The topological polar surface area (TPSA) is 41.1 Å². The number of hydrogen-bond acceptors (Lipinski definition) is 3. The van der Waals surface area contributed by atoms with Crippen molar-refractivity contribution in [2.75, 3.05) is 11.5 Å². The van der Waals surface area contributed by atoms with E-state index in [1.165, 1.54) is 24.3 Å². The van der Waals surface area contributed by atoms with Crippen molar-refractivity contribution in [1.29, 1.82) is 0 Å². The smallest absolute Gasteiger partial charge is 0.237 e. The van der Waals surface area contributed by atoms with Crippen molar-refractivity contribution in [1.82, 2.24) is 10.6 Å². The van der Waals surface area contributed by atoms with Gasteiger partial charge in [-0.1, -0.05) is 0 Å². The average molecular weight is 244 g/mol. The highest BCUT2D eigenvalue weighted by atomic mass is 32.2. The normalized spacial score (nSPS) is 20.5. The molecule has 0 aliphatic carbocycles. The fourth-order valence-corrected chi connectivity index (χ4v) is 2.88. The zero-order valence-corrected chi connectivity index (χ0v) is 11.6. The summed E-state index contributed by atoms with van der Waals surface area (Å²) in [5.41, 5.74) is -0.143. The van der Waals surface area contributed by atoms with Crippen LogP contribution in [0.15, 0.2) is 0 Å². The molecule has 0 aromatic heterocycles. The van der Waals surface area contributed by atoms with Gasteiger partial charge in [0.1, 0.15) is 0 Å². The summed E-state index contributed by atoms with van der Waals surface area (Å²) in [5.74, 6) is 2.53. The molecule has 0 radical (unpaired) electrons. The van der Waals surface area contributed by atoms with Gasteiger partial charge in [0.2, 0.25) is 5.91 Å². The summed E-state index contributed by atoms with van der Waals surface area (Å²) in [6, 6.07) is 0.425. The molecule has 3 nitrogen and oxygen atoms in total. The van der Waals surface area contributed by atoms with Crippen LogP contribution >= 0.6 is 11.8 Å². The van der Waals surface area contributed by atoms with Crippen LogP contribution in [0, 0.1) is 0 Å². The van der Waals surface area contributed by atoms with Gasteiger partial charge in [-0.3, -0.25) is 4.79 Å². The second-order valence-electron chi connectivity index (χ2n) is 5.51. The molecule has 94 valence electrons. The minimum absolute atomic E-state index is 0.0904. The first kappa shape index (κ1) is 13.8. The Kier molecular flexibility index (Phi) is 5.12. The van der Waals surface area contributed by atoms with Crippen molar-refractivity contribution in [3.63, 3.8) is 0 Å². The molecular formula is C12H24N2OS. The Morgan fingerprint density at radius 2 is 1.88 bits per heavy atom. The minimum atomic E-state index is -0.143. The van der Waals surface area contributed by atoms with Gasteiger partial charge in [0.05, 0.1) is 6.04 Å². The van der Waals surface area contributed by atoms with Gasteiger partial charge in [-0.15, -0.1) is 0 Å². The molecule has 0 saturated carbocycles. The van der Waals surface area contributed by atoms with E-state index in [1.54, 1.807) is 0 Å². The molecule has 1 aliphatic heterocycles. The Hall–Kier alpha value is -0.220. The molecule has 4 heteroatoms. The maximum Gasteiger partial charge on any atom is 0.237 e. The molecule has 1 unspecified atom stereocenters. The molecule has 0 aromatic carbocycles. The number of carbonyl (C=O) groups excluding carboxylic acids is 1. The van der Waals surface area contributed by atoms with E-state index in [1.807, 2.05) is 39.5 Å². The summed E-state index contributed by atoms with van der Waals surface area (Å²) >= 11 is 2.00. The van der Waals surface area contributed by atoms with E-state index in [0.29, 0.717) is 6.04 Å². The molecule has 0 bridgehead atoms. The predicted molar refractivity (Wildman–Crippen MR) is 70.8 cm³/mol. The van der Waals surface area contributed by atoms with Gasteiger partial charge in [0.25, 0.3) is 0 Å². The number of thioether (sulfide) groups is 1. The molecule has 0 spiro atoms. The van der Waals surface area contributed by atoms with Crippen LogP contribution in [0.2, 0.25) is 0 Å². The zero-order chi connectivity index (χ0) is 12.2. The Morgan fingerprint density at radius 1 is 1.31 bits per heavy atom. The lowest BCUT2D eigenvalue weighted by atomic mass is 10.1. The first-order valence-electron chi connectivity index (χ1n) is 6.04. The SMILES string of the molecule is CC(NC1CCSCC1)C(=O)NC(C)(C)C. The van der Waals surface area contributed by atoms with Crippen LogP contribution in [-0.4, -0.2) is 35.0 Å². The Labute approximate surface area is 103 Å². The molecule has 0 aromatic rings. The van der Waals surface area contributed by atoms with E-state index < -0.39 is 0 Å². The van der Waals surface area contributed by atoms with E-state index in [2.05, 4.69) is 10.6 Å². The molecule has 1 aliphatic rings.